The van der Waals surface area contributed by atoms with E-state index in [1.807, 2.05) is 13.0 Å². The van der Waals surface area contributed by atoms with Gasteiger partial charge in [0, 0.05) is 36.7 Å². The molecular weight excluding hydrogens is 490 g/mol. The number of aromatic nitrogens is 1. The predicted octanol–water partition coefficient (Wildman–Crippen LogP) is 4.82. The number of ether oxygens (including phenoxy) is 1. The Morgan fingerprint density at radius 1 is 1.24 bits per heavy atom. The molecular formula is C28H27N3O7. The zero-order valence-electron chi connectivity index (χ0n) is 21.0. The highest BCUT2D eigenvalue weighted by Crippen LogP contribution is 2.33. The molecule has 38 heavy (non-hydrogen) atoms. The van der Waals surface area contributed by atoms with Crippen LogP contribution >= 0.6 is 0 Å². The fourth-order valence-corrected chi connectivity index (χ4v) is 4.31. The van der Waals surface area contributed by atoms with E-state index in [1.54, 1.807) is 49.4 Å². The number of nitro benzene ring substituents is 1. The van der Waals surface area contributed by atoms with Gasteiger partial charge in [-0.2, -0.15) is 0 Å². The topological polar surface area (TPSA) is 136 Å². The number of non-ortho nitro benzene ring substituents is 1. The fourth-order valence-electron chi connectivity index (χ4n) is 4.31. The zero-order valence-corrected chi connectivity index (χ0v) is 21.0. The summed E-state index contributed by atoms with van der Waals surface area (Å²) in [6.45, 7) is 4.18. The van der Waals surface area contributed by atoms with E-state index >= 15 is 0 Å². The minimum atomic E-state index is -1.10. The minimum Gasteiger partial charge on any atom is -0.493 e. The molecule has 0 fully saturated rings. The van der Waals surface area contributed by atoms with Gasteiger partial charge in [-0.3, -0.25) is 14.9 Å². The van der Waals surface area contributed by atoms with Gasteiger partial charge in [0.2, 0.25) is 11.8 Å². The van der Waals surface area contributed by atoms with E-state index < -0.39 is 16.9 Å². The van der Waals surface area contributed by atoms with Crippen LogP contribution in [0.4, 0.5) is 5.69 Å². The molecule has 0 radical (unpaired) electrons. The third-order valence-electron chi connectivity index (χ3n) is 6.23. The molecule has 3 aromatic rings. The molecule has 4 rings (SSSR count). The van der Waals surface area contributed by atoms with Gasteiger partial charge >= 0.3 is 5.97 Å². The van der Waals surface area contributed by atoms with Crippen LogP contribution in [-0.4, -0.2) is 44.9 Å². The van der Waals surface area contributed by atoms with Crippen molar-refractivity contribution in [3.63, 3.8) is 0 Å². The number of nitro groups is 1. The van der Waals surface area contributed by atoms with Crippen LogP contribution in [0.1, 0.15) is 35.5 Å². The molecule has 0 saturated heterocycles. The average Bonchev–Trinajstić information content (AvgIpc) is 3.28. The lowest BCUT2D eigenvalue weighted by Crippen LogP contribution is -2.42. The molecule has 1 amide bonds. The number of carboxylic acid groups (broad SMARTS) is 1. The number of allylic oxidation sites excluding steroid dienone is 3. The molecule has 0 bridgehead atoms. The predicted molar refractivity (Wildman–Crippen MR) is 139 cm³/mol. The van der Waals surface area contributed by atoms with Crippen molar-refractivity contribution in [3.05, 3.63) is 99.5 Å². The first kappa shape index (κ1) is 26.3. The maximum atomic E-state index is 12.7. The molecule has 0 aliphatic carbocycles. The third-order valence-corrected chi connectivity index (χ3v) is 6.23. The van der Waals surface area contributed by atoms with Crippen LogP contribution in [-0.2, 0) is 22.4 Å². The maximum absolute atomic E-state index is 12.7. The SMILES string of the molecule is CC=CC=CC(=O)N1CCc2ccc(OCCc3nc(-c4ccc([N+](=O)[O-])cc4)oc3C)cc2C1C(=O)O. The second-order valence-electron chi connectivity index (χ2n) is 8.69. The van der Waals surface area contributed by atoms with Crippen molar-refractivity contribution in [2.75, 3.05) is 13.2 Å². The quantitative estimate of drug-likeness (QED) is 0.185. The van der Waals surface area contributed by atoms with Crippen LogP contribution < -0.4 is 4.74 Å². The fraction of sp³-hybridized carbons (Fsp3) is 0.250. The Balaban J connectivity index is 1.45. The number of carbonyl (C=O) groups is 2. The van der Waals surface area contributed by atoms with E-state index in [2.05, 4.69) is 4.98 Å². The summed E-state index contributed by atoms with van der Waals surface area (Å²) in [5.74, 6) is -0.00615. The van der Waals surface area contributed by atoms with E-state index in [9.17, 15) is 24.8 Å². The summed E-state index contributed by atoms with van der Waals surface area (Å²) in [5, 5.41) is 20.8. The van der Waals surface area contributed by atoms with Crippen LogP contribution in [0, 0.1) is 17.0 Å². The van der Waals surface area contributed by atoms with Gasteiger partial charge < -0.3 is 19.2 Å². The minimum absolute atomic E-state index is 0.0153. The van der Waals surface area contributed by atoms with Crippen molar-refractivity contribution in [1.29, 1.82) is 0 Å². The number of hydrogen-bond acceptors (Lipinski definition) is 7. The van der Waals surface area contributed by atoms with Gasteiger partial charge in [0.25, 0.3) is 5.69 Å². The van der Waals surface area contributed by atoms with Crippen molar-refractivity contribution in [2.24, 2.45) is 0 Å². The van der Waals surface area contributed by atoms with Gasteiger partial charge in [-0.05, 0) is 55.7 Å². The summed E-state index contributed by atoms with van der Waals surface area (Å²) >= 11 is 0. The average molecular weight is 518 g/mol. The van der Waals surface area contributed by atoms with Gasteiger partial charge in [-0.25, -0.2) is 9.78 Å². The number of fused-ring (bicyclic) bond motifs is 1. The molecule has 1 unspecified atom stereocenters. The second kappa shape index (κ2) is 11.5. The Morgan fingerprint density at radius 2 is 2.00 bits per heavy atom. The third kappa shape index (κ3) is 5.80. The van der Waals surface area contributed by atoms with Crippen molar-refractivity contribution in [2.45, 2.75) is 32.7 Å². The lowest BCUT2D eigenvalue weighted by molar-refractivity contribution is -0.384. The number of aryl methyl sites for hydroxylation is 1. The first-order valence-corrected chi connectivity index (χ1v) is 12.1. The van der Waals surface area contributed by atoms with Crippen LogP contribution in [0.2, 0.25) is 0 Å². The van der Waals surface area contributed by atoms with Crippen LogP contribution in [0.25, 0.3) is 11.5 Å². The molecule has 1 aliphatic rings. The highest BCUT2D eigenvalue weighted by atomic mass is 16.6. The van der Waals surface area contributed by atoms with Gasteiger partial charge in [0.15, 0.2) is 6.04 Å². The molecule has 1 aliphatic heterocycles. The number of oxazole rings is 1. The van der Waals surface area contributed by atoms with Gasteiger partial charge in [-0.1, -0.05) is 24.3 Å². The Bertz CT molecular complexity index is 1410. The smallest absolute Gasteiger partial charge is 0.331 e. The standard InChI is InChI=1S/C28H27N3O7/c1-3-4-5-6-25(32)30-15-13-19-9-12-22(17-23(19)26(30)28(33)34)37-16-14-24-18(2)38-27(29-24)20-7-10-21(11-8-20)31(35)36/h3-12,17,26H,13-16H2,1-2H3,(H,33,34). The monoisotopic (exact) mass is 517 g/mol. The van der Waals surface area contributed by atoms with E-state index in [4.69, 9.17) is 9.15 Å². The lowest BCUT2D eigenvalue weighted by atomic mass is 9.92. The molecule has 196 valence electrons. The maximum Gasteiger partial charge on any atom is 0.331 e. The molecule has 1 atom stereocenters. The van der Waals surface area contributed by atoms with Gasteiger partial charge in [0.05, 0.1) is 17.2 Å². The van der Waals surface area contributed by atoms with E-state index in [1.165, 1.54) is 23.1 Å². The number of rotatable bonds is 9. The molecule has 0 saturated carbocycles. The van der Waals surface area contributed by atoms with Crippen molar-refractivity contribution in [1.82, 2.24) is 9.88 Å². The molecule has 2 heterocycles. The second-order valence-corrected chi connectivity index (χ2v) is 8.69. The van der Waals surface area contributed by atoms with Crippen LogP contribution in [0.3, 0.4) is 0 Å². The van der Waals surface area contributed by atoms with Gasteiger partial charge in [0.1, 0.15) is 11.5 Å². The molecule has 0 spiro atoms. The van der Waals surface area contributed by atoms with E-state index in [0.29, 0.717) is 53.6 Å². The van der Waals surface area contributed by atoms with Crippen LogP contribution in [0.15, 0.2) is 71.2 Å². The number of carboxylic acids is 1. The lowest BCUT2D eigenvalue weighted by Gasteiger charge is -2.34. The number of benzene rings is 2. The van der Waals surface area contributed by atoms with Crippen molar-refractivity contribution < 1.29 is 28.8 Å². The highest BCUT2D eigenvalue weighted by molar-refractivity contribution is 5.92. The Labute approximate surface area is 219 Å². The van der Waals surface area contributed by atoms with Crippen molar-refractivity contribution >= 4 is 17.6 Å². The number of amides is 1. The van der Waals surface area contributed by atoms with E-state index in [-0.39, 0.29) is 18.2 Å². The zero-order chi connectivity index (χ0) is 27.2. The number of aliphatic carboxylic acids is 1. The van der Waals surface area contributed by atoms with Crippen molar-refractivity contribution in [3.8, 4) is 17.2 Å². The summed E-state index contributed by atoms with van der Waals surface area (Å²) in [4.78, 5) is 41.1. The normalized spacial score (nSPS) is 15.1. The summed E-state index contributed by atoms with van der Waals surface area (Å²) in [6.07, 6.45) is 7.43. The number of nitrogens with zero attached hydrogens (tertiary/aromatic N) is 3. The number of carbonyl (C=O) groups excluding carboxylic acids is 1. The van der Waals surface area contributed by atoms with Gasteiger partial charge in [-0.15, -0.1) is 0 Å². The van der Waals surface area contributed by atoms with E-state index in [0.717, 1.165) is 5.56 Å². The molecule has 2 aromatic carbocycles. The Morgan fingerprint density at radius 3 is 2.68 bits per heavy atom. The largest absolute Gasteiger partial charge is 0.493 e. The summed E-state index contributed by atoms with van der Waals surface area (Å²) in [5.41, 5.74) is 2.70. The molecule has 1 N–H and O–H groups in total. The molecule has 10 heteroatoms. The first-order chi connectivity index (χ1) is 18.3. The van der Waals surface area contributed by atoms with Crippen LogP contribution in [0.5, 0.6) is 5.75 Å². The molecule has 1 aromatic heterocycles. The summed E-state index contributed by atoms with van der Waals surface area (Å²) < 4.78 is 11.7. The summed E-state index contributed by atoms with van der Waals surface area (Å²) in [7, 11) is 0. The first-order valence-electron chi connectivity index (χ1n) is 12.1. The number of hydrogen-bond donors (Lipinski definition) is 1. The Hall–Kier alpha value is -4.73. The highest BCUT2D eigenvalue weighted by Gasteiger charge is 2.35. The molecule has 10 nitrogen and oxygen atoms in total. The Kier molecular flexibility index (Phi) is 8.00. The summed E-state index contributed by atoms with van der Waals surface area (Å²) in [6, 6.07) is 10.2.